The van der Waals surface area contributed by atoms with E-state index in [9.17, 15) is 14.4 Å². The van der Waals surface area contributed by atoms with E-state index in [-0.39, 0.29) is 28.7 Å². The van der Waals surface area contributed by atoms with Crippen LogP contribution in [0.2, 0.25) is 0 Å². The van der Waals surface area contributed by atoms with Gasteiger partial charge in [0, 0.05) is 11.5 Å². The molecule has 2 unspecified atom stereocenters. The van der Waals surface area contributed by atoms with E-state index in [1.807, 2.05) is 6.08 Å². The molecule has 28 heavy (non-hydrogen) atoms. The summed E-state index contributed by atoms with van der Waals surface area (Å²) >= 11 is 0. The van der Waals surface area contributed by atoms with Crippen molar-refractivity contribution >= 4 is 17.6 Å². The van der Waals surface area contributed by atoms with E-state index in [1.165, 1.54) is 45.4 Å². The van der Waals surface area contributed by atoms with Crippen molar-refractivity contribution < 1.29 is 14.4 Å². The van der Waals surface area contributed by atoms with E-state index in [2.05, 4.69) is 24.5 Å². The average molecular weight is 387 g/mol. The van der Waals surface area contributed by atoms with Crippen LogP contribution < -0.4 is 10.6 Å². The lowest BCUT2D eigenvalue weighted by Crippen LogP contribution is -2.60. The average Bonchev–Trinajstić information content (AvgIpc) is 3.03. The third-order valence-corrected chi connectivity index (χ3v) is 8.76. The number of nitrogens with one attached hydrogen (secondary N) is 2. The lowest BCUT2D eigenvalue weighted by atomic mass is 9.48. The highest BCUT2D eigenvalue weighted by Crippen LogP contribution is 2.63. The fraction of sp³-hybridized carbons (Fsp3) is 0.783. The molecule has 0 radical (unpaired) electrons. The van der Waals surface area contributed by atoms with Crippen LogP contribution in [0.1, 0.15) is 72.6 Å². The zero-order valence-electron chi connectivity index (χ0n) is 17.6. The monoisotopic (exact) mass is 386 g/mol. The Morgan fingerprint density at radius 3 is 2.61 bits per heavy atom. The molecule has 4 rings (SSSR count). The Labute approximate surface area is 168 Å². The van der Waals surface area contributed by atoms with Gasteiger partial charge in [0.2, 0.25) is 0 Å². The molecule has 154 valence electrons. The molecule has 3 saturated carbocycles. The van der Waals surface area contributed by atoms with Gasteiger partial charge >= 0.3 is 0 Å². The number of hydrogen-bond donors (Lipinski definition) is 2. The summed E-state index contributed by atoms with van der Waals surface area (Å²) in [4.78, 5) is 36.9. The van der Waals surface area contributed by atoms with Gasteiger partial charge in [0.25, 0.3) is 11.8 Å². The summed E-state index contributed by atoms with van der Waals surface area (Å²) in [6.45, 7) is 7.83. The standard InChI is InChI=1S/C23H34N2O3/c1-13(14(2)26)24-20(27)16-12-23(4)18-9-11-22(3)10-5-6-17(22)15(18)7-8-19(23)25-21(16)28/h12-13,15,17-19H,5-11H2,1-4H3,(H,24,27)(H,25,28)/t13?,15-,17-,18+,19?,22-,23+/m0/s1. The Balaban J connectivity index is 1.64. The topological polar surface area (TPSA) is 75.3 Å². The molecule has 0 aromatic rings. The second-order valence-corrected chi connectivity index (χ2v) is 10.3. The minimum absolute atomic E-state index is 0.105. The number of rotatable bonds is 3. The van der Waals surface area contributed by atoms with E-state index >= 15 is 0 Å². The van der Waals surface area contributed by atoms with Gasteiger partial charge in [-0.25, -0.2) is 0 Å². The third-order valence-electron chi connectivity index (χ3n) is 8.76. The van der Waals surface area contributed by atoms with Gasteiger partial charge in [0.15, 0.2) is 5.78 Å². The maximum absolute atomic E-state index is 12.7. The van der Waals surface area contributed by atoms with Gasteiger partial charge in [-0.3, -0.25) is 14.4 Å². The predicted octanol–water partition coefficient (Wildman–Crippen LogP) is 3.14. The summed E-state index contributed by atoms with van der Waals surface area (Å²) in [5.41, 5.74) is 0.489. The van der Waals surface area contributed by atoms with Crippen LogP contribution >= 0.6 is 0 Å². The Hall–Kier alpha value is -1.65. The van der Waals surface area contributed by atoms with Crippen molar-refractivity contribution in [1.29, 1.82) is 0 Å². The van der Waals surface area contributed by atoms with Crippen molar-refractivity contribution in [2.75, 3.05) is 0 Å². The highest BCUT2D eigenvalue weighted by molar-refractivity contribution is 6.19. The molecular weight excluding hydrogens is 352 g/mol. The van der Waals surface area contributed by atoms with Crippen molar-refractivity contribution in [1.82, 2.24) is 10.6 Å². The zero-order valence-corrected chi connectivity index (χ0v) is 17.6. The van der Waals surface area contributed by atoms with Crippen molar-refractivity contribution in [3.63, 3.8) is 0 Å². The van der Waals surface area contributed by atoms with Crippen molar-refractivity contribution in [2.24, 2.45) is 28.6 Å². The third kappa shape index (κ3) is 2.93. The molecule has 0 aromatic carbocycles. The normalized spacial score (nSPS) is 43.0. The lowest BCUT2D eigenvalue weighted by molar-refractivity contribution is -0.130. The second-order valence-electron chi connectivity index (χ2n) is 10.3. The van der Waals surface area contributed by atoms with Gasteiger partial charge < -0.3 is 10.6 Å². The van der Waals surface area contributed by atoms with E-state index in [0.29, 0.717) is 17.3 Å². The van der Waals surface area contributed by atoms with E-state index < -0.39 is 11.9 Å². The molecule has 0 saturated heterocycles. The maximum atomic E-state index is 12.7. The first kappa shape index (κ1) is 19.7. The Morgan fingerprint density at radius 2 is 1.89 bits per heavy atom. The van der Waals surface area contributed by atoms with Crippen LogP contribution in [0, 0.1) is 28.6 Å². The van der Waals surface area contributed by atoms with Crippen molar-refractivity contribution in [3.8, 4) is 0 Å². The lowest BCUT2D eigenvalue weighted by Gasteiger charge is -2.58. The summed E-state index contributed by atoms with van der Waals surface area (Å²) in [5.74, 6) is 1.15. The first-order valence-corrected chi connectivity index (χ1v) is 11.0. The van der Waals surface area contributed by atoms with Gasteiger partial charge in [-0.05, 0) is 75.5 Å². The van der Waals surface area contributed by atoms with Crippen LogP contribution in [0.3, 0.4) is 0 Å². The summed E-state index contributed by atoms with van der Waals surface area (Å²) < 4.78 is 0. The van der Waals surface area contributed by atoms with Crippen molar-refractivity contribution in [2.45, 2.75) is 84.7 Å². The van der Waals surface area contributed by atoms with Crippen LogP contribution in [0.4, 0.5) is 0 Å². The molecule has 0 aromatic heterocycles. The smallest absolute Gasteiger partial charge is 0.257 e. The number of ketones is 1. The quantitative estimate of drug-likeness (QED) is 0.732. The Bertz CT molecular complexity index is 744. The van der Waals surface area contributed by atoms with Crippen LogP contribution in [0.25, 0.3) is 0 Å². The largest absolute Gasteiger partial charge is 0.348 e. The fourth-order valence-electron chi connectivity index (χ4n) is 6.98. The predicted molar refractivity (Wildman–Crippen MR) is 107 cm³/mol. The number of carbonyl (C=O) groups is 3. The summed E-state index contributed by atoms with van der Waals surface area (Å²) in [6, 6.07) is -0.478. The van der Waals surface area contributed by atoms with Gasteiger partial charge in [0.1, 0.15) is 5.57 Å². The zero-order chi connectivity index (χ0) is 20.3. The Morgan fingerprint density at radius 1 is 1.14 bits per heavy atom. The second kappa shape index (κ2) is 6.70. The molecule has 5 nitrogen and oxygen atoms in total. The van der Waals surface area contributed by atoms with Crippen LogP contribution in [0.15, 0.2) is 11.6 Å². The molecule has 4 aliphatic rings. The van der Waals surface area contributed by atoms with Crippen LogP contribution in [0.5, 0.6) is 0 Å². The minimum atomic E-state index is -0.584. The van der Waals surface area contributed by atoms with Crippen molar-refractivity contribution in [3.05, 3.63) is 11.6 Å². The number of fused-ring (bicyclic) bond motifs is 5. The molecule has 0 bridgehead atoms. The number of amides is 2. The molecule has 5 heteroatoms. The van der Waals surface area contributed by atoms with Crippen LogP contribution in [-0.4, -0.2) is 29.7 Å². The van der Waals surface area contributed by atoms with E-state index in [1.54, 1.807) is 6.92 Å². The van der Waals surface area contributed by atoms with E-state index in [0.717, 1.165) is 12.3 Å². The summed E-state index contributed by atoms with van der Waals surface area (Å²) in [6.07, 6.45) is 10.6. The molecule has 3 aliphatic carbocycles. The summed E-state index contributed by atoms with van der Waals surface area (Å²) in [5, 5.41) is 5.83. The van der Waals surface area contributed by atoms with Gasteiger partial charge in [0.05, 0.1) is 6.04 Å². The molecule has 7 atom stereocenters. The number of Topliss-reactive ketones (excluding diaryl/α,β-unsaturated/α-hetero) is 1. The Kier molecular flexibility index (Phi) is 4.71. The highest BCUT2D eigenvalue weighted by atomic mass is 16.2. The first-order chi connectivity index (χ1) is 13.2. The van der Waals surface area contributed by atoms with Gasteiger partial charge in [-0.1, -0.05) is 26.3 Å². The van der Waals surface area contributed by atoms with Crippen LogP contribution in [-0.2, 0) is 14.4 Å². The molecular formula is C23H34N2O3. The highest BCUT2D eigenvalue weighted by Gasteiger charge is 2.58. The summed E-state index contributed by atoms with van der Waals surface area (Å²) in [7, 11) is 0. The molecule has 0 spiro atoms. The molecule has 1 aliphatic heterocycles. The van der Waals surface area contributed by atoms with Gasteiger partial charge in [-0.15, -0.1) is 0 Å². The SMILES string of the molecule is CC(=O)C(C)NC(=O)C1=C[C@@]2(C)C(CC[C@@H]3[C@H]2CC[C@]2(C)CCC[C@@H]32)NC1=O. The first-order valence-electron chi connectivity index (χ1n) is 11.0. The van der Waals surface area contributed by atoms with E-state index in [4.69, 9.17) is 0 Å². The molecule has 1 heterocycles. The number of hydrogen-bond acceptors (Lipinski definition) is 3. The minimum Gasteiger partial charge on any atom is -0.348 e. The maximum Gasteiger partial charge on any atom is 0.257 e. The number of carbonyl (C=O) groups excluding carboxylic acids is 3. The van der Waals surface area contributed by atoms with Gasteiger partial charge in [-0.2, -0.15) is 0 Å². The molecule has 3 fully saturated rings. The fourth-order valence-corrected chi connectivity index (χ4v) is 6.98. The molecule has 2 amide bonds. The molecule has 2 N–H and O–H groups in total.